The number of imidazole rings is 1. The van der Waals surface area contributed by atoms with E-state index in [1.807, 2.05) is 19.9 Å². The average Bonchev–Trinajstić information content (AvgIpc) is 3.52. The SMILES string of the molecule is CC1CCC(Cn2c(N3[C@H](C)CN(C(=O)O)C[C@H]3C)nc3cc(-c4noc(=O)[nH]4)nc(-c4cncc(Cl)c4)c32)CC1. The Balaban J connectivity index is 1.57. The Hall–Kier alpha value is -3.93. The first-order chi connectivity index (χ1) is 19.7. The lowest BCUT2D eigenvalue weighted by atomic mass is 9.83. The Labute approximate surface area is 241 Å². The number of amides is 1. The molecule has 6 rings (SSSR count). The Morgan fingerprint density at radius 3 is 2.46 bits per heavy atom. The van der Waals surface area contributed by atoms with Crippen LogP contribution in [0.2, 0.25) is 5.02 Å². The predicted octanol–water partition coefficient (Wildman–Crippen LogP) is 4.89. The lowest BCUT2D eigenvalue weighted by Gasteiger charge is -2.44. The third kappa shape index (κ3) is 5.28. The van der Waals surface area contributed by atoms with E-state index in [4.69, 9.17) is 26.1 Å². The number of carbonyl (C=O) groups is 1. The number of halogens is 1. The van der Waals surface area contributed by atoms with E-state index in [2.05, 4.69) is 31.5 Å². The molecule has 2 atom stereocenters. The lowest BCUT2D eigenvalue weighted by molar-refractivity contribution is 0.127. The lowest BCUT2D eigenvalue weighted by Crippen LogP contribution is -2.58. The van der Waals surface area contributed by atoms with Gasteiger partial charge in [0, 0.05) is 49.7 Å². The van der Waals surface area contributed by atoms with Gasteiger partial charge in [0.25, 0.3) is 0 Å². The van der Waals surface area contributed by atoms with Crippen LogP contribution in [0.3, 0.4) is 0 Å². The molecular formula is C28H33ClN8O4. The van der Waals surface area contributed by atoms with Crippen LogP contribution in [0.5, 0.6) is 0 Å². The molecule has 1 amide bonds. The van der Waals surface area contributed by atoms with Gasteiger partial charge < -0.3 is 19.5 Å². The molecule has 0 unspecified atom stereocenters. The molecule has 0 radical (unpaired) electrons. The number of nitrogens with zero attached hydrogens (tertiary/aromatic N) is 7. The molecule has 0 aromatic carbocycles. The summed E-state index contributed by atoms with van der Waals surface area (Å²) >= 11 is 6.37. The second-order valence-corrected chi connectivity index (χ2v) is 11.9. The zero-order valence-electron chi connectivity index (χ0n) is 23.2. The molecule has 12 nitrogen and oxygen atoms in total. The van der Waals surface area contributed by atoms with Crippen molar-refractivity contribution in [2.24, 2.45) is 11.8 Å². The molecular weight excluding hydrogens is 548 g/mol. The van der Waals surface area contributed by atoms with Crippen LogP contribution in [0, 0.1) is 11.8 Å². The number of anilines is 1. The van der Waals surface area contributed by atoms with E-state index < -0.39 is 11.8 Å². The summed E-state index contributed by atoms with van der Waals surface area (Å²) in [6.07, 6.45) is 6.97. The van der Waals surface area contributed by atoms with Crippen LogP contribution in [0.25, 0.3) is 33.8 Å². The summed E-state index contributed by atoms with van der Waals surface area (Å²) in [7, 11) is 0. The summed E-state index contributed by atoms with van der Waals surface area (Å²) in [5, 5.41) is 14.0. The summed E-state index contributed by atoms with van der Waals surface area (Å²) in [6, 6.07) is 3.40. The van der Waals surface area contributed by atoms with Crippen molar-refractivity contribution in [3.8, 4) is 22.8 Å². The van der Waals surface area contributed by atoms with Gasteiger partial charge in [-0.3, -0.25) is 14.5 Å². The van der Waals surface area contributed by atoms with Crippen LogP contribution in [0.4, 0.5) is 10.7 Å². The van der Waals surface area contributed by atoms with Crippen molar-refractivity contribution in [2.75, 3.05) is 18.0 Å². The zero-order valence-corrected chi connectivity index (χ0v) is 24.0. The first-order valence-corrected chi connectivity index (χ1v) is 14.4. The third-order valence-electron chi connectivity index (χ3n) is 8.36. The number of rotatable bonds is 5. The maximum Gasteiger partial charge on any atom is 0.439 e. The van der Waals surface area contributed by atoms with Gasteiger partial charge in [-0.25, -0.2) is 19.6 Å². The summed E-state index contributed by atoms with van der Waals surface area (Å²) in [6.45, 7) is 7.87. The summed E-state index contributed by atoms with van der Waals surface area (Å²) in [5.74, 6) is 1.47. The fourth-order valence-corrected chi connectivity index (χ4v) is 6.54. The Morgan fingerprint density at radius 2 is 1.83 bits per heavy atom. The number of piperazine rings is 1. The number of pyridine rings is 2. The van der Waals surface area contributed by atoms with E-state index in [9.17, 15) is 14.7 Å². The molecule has 2 fully saturated rings. The topological polar surface area (TPSA) is 146 Å². The largest absolute Gasteiger partial charge is 0.465 e. The number of nitrogens with one attached hydrogen (secondary N) is 1. The van der Waals surface area contributed by atoms with Crippen LogP contribution < -0.4 is 10.7 Å². The van der Waals surface area contributed by atoms with Crippen LogP contribution in [-0.2, 0) is 6.54 Å². The van der Waals surface area contributed by atoms with Gasteiger partial charge in [0.1, 0.15) is 5.69 Å². The van der Waals surface area contributed by atoms with E-state index in [1.54, 1.807) is 18.5 Å². The molecule has 41 heavy (non-hydrogen) atoms. The van der Waals surface area contributed by atoms with E-state index in [1.165, 1.54) is 17.7 Å². The van der Waals surface area contributed by atoms with E-state index in [0.29, 0.717) is 46.5 Å². The molecule has 1 saturated heterocycles. The molecule has 4 aromatic heterocycles. The number of fused-ring (bicyclic) bond motifs is 1. The number of H-pyrrole nitrogens is 1. The van der Waals surface area contributed by atoms with Crippen LogP contribution in [0.15, 0.2) is 33.8 Å². The van der Waals surface area contributed by atoms with Crippen molar-refractivity contribution < 1.29 is 14.4 Å². The van der Waals surface area contributed by atoms with Gasteiger partial charge in [-0.1, -0.05) is 36.5 Å². The second-order valence-electron chi connectivity index (χ2n) is 11.5. The van der Waals surface area contributed by atoms with E-state index in [-0.39, 0.29) is 17.9 Å². The highest BCUT2D eigenvalue weighted by molar-refractivity contribution is 6.30. The highest BCUT2D eigenvalue weighted by atomic mass is 35.5. The minimum absolute atomic E-state index is 0.104. The van der Waals surface area contributed by atoms with Gasteiger partial charge in [0.05, 0.1) is 21.7 Å². The van der Waals surface area contributed by atoms with Gasteiger partial charge in [0.2, 0.25) is 11.8 Å². The molecule has 13 heteroatoms. The molecule has 1 aliphatic heterocycles. The predicted molar refractivity (Wildman–Crippen MR) is 154 cm³/mol. The highest BCUT2D eigenvalue weighted by Crippen LogP contribution is 2.38. The number of hydrogen-bond acceptors (Lipinski definition) is 8. The molecule has 0 spiro atoms. The van der Waals surface area contributed by atoms with Crippen molar-refractivity contribution in [3.63, 3.8) is 0 Å². The van der Waals surface area contributed by atoms with Gasteiger partial charge in [-0.05, 0) is 50.7 Å². The summed E-state index contributed by atoms with van der Waals surface area (Å²) in [5.41, 5.74) is 3.23. The molecule has 2 aliphatic rings. The van der Waals surface area contributed by atoms with Crippen LogP contribution >= 0.6 is 11.6 Å². The second kappa shape index (κ2) is 10.8. The fourth-order valence-electron chi connectivity index (χ4n) is 6.36. The van der Waals surface area contributed by atoms with Gasteiger partial charge in [-0.2, -0.15) is 0 Å². The maximum atomic E-state index is 11.8. The number of aromatic amines is 1. The van der Waals surface area contributed by atoms with Gasteiger partial charge in [0.15, 0.2) is 0 Å². The van der Waals surface area contributed by atoms with E-state index in [0.717, 1.165) is 36.8 Å². The van der Waals surface area contributed by atoms with Gasteiger partial charge in [-0.15, -0.1) is 0 Å². The monoisotopic (exact) mass is 580 g/mol. The first-order valence-electron chi connectivity index (χ1n) is 14.0. The summed E-state index contributed by atoms with van der Waals surface area (Å²) in [4.78, 5) is 44.3. The quantitative estimate of drug-likeness (QED) is 0.336. The molecule has 216 valence electrons. The van der Waals surface area contributed by atoms with Crippen molar-refractivity contribution in [2.45, 2.75) is 65.1 Å². The first kappa shape index (κ1) is 27.3. The number of aromatic nitrogens is 6. The van der Waals surface area contributed by atoms with Gasteiger partial charge >= 0.3 is 11.8 Å². The zero-order chi connectivity index (χ0) is 28.8. The number of carboxylic acid groups (broad SMARTS) is 1. The molecule has 0 bridgehead atoms. The molecule has 1 saturated carbocycles. The highest BCUT2D eigenvalue weighted by Gasteiger charge is 2.36. The maximum absolute atomic E-state index is 11.8. The van der Waals surface area contributed by atoms with Crippen LogP contribution in [0.1, 0.15) is 46.5 Å². The third-order valence-corrected chi connectivity index (χ3v) is 8.57. The Kier molecular flexibility index (Phi) is 7.18. The van der Waals surface area contributed by atoms with E-state index >= 15 is 0 Å². The molecule has 2 N–H and O–H groups in total. The minimum Gasteiger partial charge on any atom is -0.465 e. The smallest absolute Gasteiger partial charge is 0.439 e. The summed E-state index contributed by atoms with van der Waals surface area (Å²) < 4.78 is 7.01. The van der Waals surface area contributed by atoms with Crippen molar-refractivity contribution in [3.05, 3.63) is 40.1 Å². The van der Waals surface area contributed by atoms with Crippen LogP contribution in [-0.4, -0.2) is 70.9 Å². The number of hydrogen-bond donors (Lipinski definition) is 2. The van der Waals surface area contributed by atoms with Crippen molar-refractivity contribution in [1.29, 1.82) is 0 Å². The van der Waals surface area contributed by atoms with Crippen molar-refractivity contribution in [1.82, 2.24) is 34.6 Å². The average molecular weight is 581 g/mol. The minimum atomic E-state index is -0.917. The normalized spacial score (nSPS) is 23.3. The Morgan fingerprint density at radius 1 is 1.10 bits per heavy atom. The standard InChI is InChI=1S/C28H33ClN8O4/c1-15-4-6-18(7-5-15)14-36-24-21(32-26(36)37-16(2)12-35(28(39)40)13-17(37)3)9-22(25-33-27(38)41-34-25)31-23(24)19-8-20(29)11-30-10-19/h8-11,15-18H,4-7,12-14H2,1-3H3,(H,39,40)(H,33,34,38)/t15?,16-,17-,18?/m1/s1. The fraction of sp³-hybridized carbons (Fsp3) is 0.500. The molecule has 5 heterocycles. The molecule has 4 aromatic rings. The Bertz CT molecular complexity index is 1630. The van der Waals surface area contributed by atoms with Crippen molar-refractivity contribution >= 4 is 34.7 Å². The molecule has 1 aliphatic carbocycles.